The highest BCUT2D eigenvalue weighted by atomic mass is 19.1. The van der Waals surface area contributed by atoms with E-state index in [2.05, 4.69) is 9.97 Å². The van der Waals surface area contributed by atoms with E-state index in [0.29, 0.717) is 22.3 Å². The van der Waals surface area contributed by atoms with Gasteiger partial charge in [-0.15, -0.1) is 0 Å². The van der Waals surface area contributed by atoms with Crippen LogP contribution in [0.4, 0.5) is 8.78 Å². The highest BCUT2D eigenvalue weighted by molar-refractivity contribution is 6.03. The van der Waals surface area contributed by atoms with E-state index in [-0.39, 0.29) is 30.2 Å². The van der Waals surface area contributed by atoms with Crippen LogP contribution < -0.4 is 0 Å². The molecule has 2 aromatic carbocycles. The molecule has 0 aliphatic rings. The average Bonchev–Trinajstić information content (AvgIpc) is 2.92. The molecule has 2 heterocycles. The number of hydrogen-bond acceptors (Lipinski definition) is 5. The van der Waals surface area contributed by atoms with Gasteiger partial charge in [0, 0.05) is 41.8 Å². The van der Waals surface area contributed by atoms with Crippen molar-refractivity contribution in [2.24, 2.45) is 5.41 Å². The van der Waals surface area contributed by atoms with Crippen molar-refractivity contribution in [1.29, 1.82) is 0 Å². The van der Waals surface area contributed by atoms with Gasteiger partial charge in [0.25, 0.3) is 0 Å². The molecule has 0 saturated carbocycles. The molecule has 7 heteroatoms. The second-order valence-corrected chi connectivity index (χ2v) is 10.0. The summed E-state index contributed by atoms with van der Waals surface area (Å²) >= 11 is 0. The van der Waals surface area contributed by atoms with E-state index >= 15 is 0 Å². The molecule has 200 valence electrons. The van der Waals surface area contributed by atoms with Gasteiger partial charge in [-0.1, -0.05) is 81.4 Å². The maximum atomic E-state index is 13.5. The van der Waals surface area contributed by atoms with Crippen molar-refractivity contribution >= 4 is 17.3 Å². The zero-order valence-corrected chi connectivity index (χ0v) is 22.1. The lowest BCUT2D eigenvalue weighted by atomic mass is 9.80. The topological polar surface area (TPSA) is 77.0 Å². The normalized spacial score (nSPS) is 11.6. The number of halogens is 2. The van der Waals surface area contributed by atoms with Crippen molar-refractivity contribution in [3.05, 3.63) is 131 Å². The number of nitrogens with zero attached hydrogens (tertiary/aromatic N) is 2. The van der Waals surface area contributed by atoms with Gasteiger partial charge in [0.05, 0.1) is 5.92 Å². The molecule has 0 fully saturated rings. The summed E-state index contributed by atoms with van der Waals surface area (Å²) in [5, 5.41) is 0. The molecule has 1 atom stereocenters. The highest BCUT2D eigenvalue weighted by Crippen LogP contribution is 2.29. The first-order valence-electron chi connectivity index (χ1n) is 12.5. The molecule has 0 bridgehead atoms. The van der Waals surface area contributed by atoms with Crippen LogP contribution in [0.1, 0.15) is 65.0 Å². The molecule has 0 N–H and O–H groups in total. The molecule has 4 aromatic rings. The highest BCUT2D eigenvalue weighted by Gasteiger charge is 2.30. The maximum Gasteiger partial charge on any atom is 0.213 e. The van der Waals surface area contributed by atoms with Crippen LogP contribution in [0.2, 0.25) is 0 Å². The predicted molar refractivity (Wildman–Crippen MR) is 145 cm³/mol. The Hall–Kier alpha value is -4.39. The number of ketones is 3. The summed E-state index contributed by atoms with van der Waals surface area (Å²) in [5.74, 6) is -2.17. The Labute approximate surface area is 227 Å². The van der Waals surface area contributed by atoms with Crippen LogP contribution in [0.5, 0.6) is 0 Å². The summed E-state index contributed by atoms with van der Waals surface area (Å²) < 4.78 is 26.3. The zero-order valence-electron chi connectivity index (χ0n) is 22.1. The minimum absolute atomic E-state index is 0.0220. The molecule has 0 amide bonds. The van der Waals surface area contributed by atoms with E-state index in [1.165, 1.54) is 24.5 Å². The number of carbonyl (C=O) groups is 3. The van der Waals surface area contributed by atoms with Crippen LogP contribution in [-0.2, 0) is 11.2 Å². The summed E-state index contributed by atoms with van der Waals surface area (Å²) in [6.07, 6.45) is 2.92. The van der Waals surface area contributed by atoms with Crippen molar-refractivity contribution in [2.75, 3.05) is 0 Å². The molecule has 0 aliphatic heterocycles. The molecule has 0 radical (unpaired) electrons. The van der Waals surface area contributed by atoms with Crippen LogP contribution >= 0.6 is 0 Å². The Balaban J connectivity index is 0.000000230. The van der Waals surface area contributed by atoms with E-state index in [1.807, 2.05) is 32.9 Å². The van der Waals surface area contributed by atoms with Gasteiger partial charge in [0.2, 0.25) is 11.9 Å². The van der Waals surface area contributed by atoms with Gasteiger partial charge < -0.3 is 0 Å². The number of aromatic nitrogens is 2. The number of Topliss-reactive ketones (excluding diaryl/α,β-unsaturated/α-hetero) is 3. The molecular formula is C32H30F2N2O3. The van der Waals surface area contributed by atoms with Gasteiger partial charge in [-0.3, -0.25) is 14.4 Å². The second kappa shape index (κ2) is 13.4. The van der Waals surface area contributed by atoms with E-state index in [1.54, 1.807) is 60.7 Å². The van der Waals surface area contributed by atoms with Gasteiger partial charge in [0.15, 0.2) is 11.6 Å². The number of carbonyl (C=O) groups excluding carboxylic acids is 3. The fourth-order valence-corrected chi connectivity index (χ4v) is 3.76. The quantitative estimate of drug-likeness (QED) is 0.185. The first kappa shape index (κ1) is 29.2. The third kappa shape index (κ3) is 8.85. The molecule has 39 heavy (non-hydrogen) atoms. The molecule has 4 rings (SSSR count). The summed E-state index contributed by atoms with van der Waals surface area (Å²) in [6, 6.07) is 23.5. The first-order chi connectivity index (χ1) is 18.5. The number of pyridine rings is 2. The molecule has 0 aliphatic carbocycles. The Morgan fingerprint density at radius 2 is 1.28 bits per heavy atom. The van der Waals surface area contributed by atoms with Gasteiger partial charge in [0.1, 0.15) is 5.78 Å². The molecule has 1 unspecified atom stereocenters. The van der Waals surface area contributed by atoms with Crippen molar-refractivity contribution in [1.82, 2.24) is 9.97 Å². The third-order valence-corrected chi connectivity index (χ3v) is 6.01. The van der Waals surface area contributed by atoms with Gasteiger partial charge in [-0.2, -0.15) is 8.78 Å². The number of rotatable bonds is 8. The minimum atomic E-state index is -0.707. The smallest absolute Gasteiger partial charge is 0.213 e. The standard InChI is InChI=1S/C19H20FNO2.C13H10FNO/c1-19(2,3)16(22)12-15(14-9-10-21-17(20)11-14)18(23)13-7-5-4-6-8-13;14-13-9-10(6-7-15-13)8-12(16)11-4-2-1-3-5-11/h4-11,15H,12H2,1-3H3;1-7,9H,8H2. The Bertz CT molecular complexity index is 1420. The SMILES string of the molecule is CC(C)(C)C(=O)CC(C(=O)c1ccccc1)c1ccnc(F)c1.O=C(Cc1ccnc(F)c1)c1ccccc1. The number of hydrogen-bond donors (Lipinski definition) is 0. The monoisotopic (exact) mass is 528 g/mol. The van der Waals surface area contributed by atoms with Crippen LogP contribution in [0, 0.1) is 17.3 Å². The molecule has 0 saturated heterocycles. The fourth-order valence-electron chi connectivity index (χ4n) is 3.76. The van der Waals surface area contributed by atoms with Crippen LogP contribution in [0.15, 0.2) is 97.3 Å². The van der Waals surface area contributed by atoms with Crippen LogP contribution in [-0.4, -0.2) is 27.3 Å². The molecule has 0 spiro atoms. The summed E-state index contributed by atoms with van der Waals surface area (Å²) in [4.78, 5) is 44.0. The lowest BCUT2D eigenvalue weighted by molar-refractivity contribution is -0.126. The molecular weight excluding hydrogens is 498 g/mol. The fraction of sp³-hybridized carbons (Fsp3) is 0.219. The van der Waals surface area contributed by atoms with E-state index in [9.17, 15) is 23.2 Å². The average molecular weight is 529 g/mol. The Morgan fingerprint density at radius 1 is 0.744 bits per heavy atom. The Morgan fingerprint density at radius 3 is 1.82 bits per heavy atom. The maximum absolute atomic E-state index is 13.5. The third-order valence-electron chi connectivity index (χ3n) is 6.01. The summed E-state index contributed by atoms with van der Waals surface area (Å²) in [6.45, 7) is 5.44. The summed E-state index contributed by atoms with van der Waals surface area (Å²) in [5.41, 5.74) is 1.71. The lowest BCUT2D eigenvalue weighted by Gasteiger charge is -2.22. The number of benzene rings is 2. The lowest BCUT2D eigenvalue weighted by Crippen LogP contribution is -2.25. The van der Waals surface area contributed by atoms with Gasteiger partial charge in [-0.05, 0) is 35.4 Å². The van der Waals surface area contributed by atoms with E-state index in [0.717, 1.165) is 0 Å². The molecule has 5 nitrogen and oxygen atoms in total. The largest absolute Gasteiger partial charge is 0.299 e. The van der Waals surface area contributed by atoms with Gasteiger partial charge in [-0.25, -0.2) is 9.97 Å². The van der Waals surface area contributed by atoms with Crippen LogP contribution in [0.25, 0.3) is 0 Å². The van der Waals surface area contributed by atoms with Crippen molar-refractivity contribution in [3.63, 3.8) is 0 Å². The predicted octanol–water partition coefficient (Wildman–Crippen LogP) is 6.84. The zero-order chi connectivity index (χ0) is 28.4. The van der Waals surface area contributed by atoms with Crippen molar-refractivity contribution in [3.8, 4) is 0 Å². The Kier molecular flexibility index (Phi) is 10.0. The van der Waals surface area contributed by atoms with E-state index < -0.39 is 23.2 Å². The van der Waals surface area contributed by atoms with Crippen molar-refractivity contribution < 1.29 is 23.2 Å². The first-order valence-corrected chi connectivity index (χ1v) is 12.5. The van der Waals surface area contributed by atoms with Gasteiger partial charge >= 0.3 is 0 Å². The minimum Gasteiger partial charge on any atom is -0.299 e. The van der Waals surface area contributed by atoms with Crippen LogP contribution in [0.3, 0.4) is 0 Å². The van der Waals surface area contributed by atoms with E-state index in [4.69, 9.17) is 0 Å². The molecule has 2 aromatic heterocycles. The summed E-state index contributed by atoms with van der Waals surface area (Å²) in [7, 11) is 0. The van der Waals surface area contributed by atoms with Crippen molar-refractivity contribution in [2.45, 2.75) is 39.5 Å². The second-order valence-electron chi connectivity index (χ2n) is 10.0.